The van der Waals surface area contributed by atoms with E-state index in [2.05, 4.69) is 4.90 Å². The molecule has 5 heteroatoms. The standard InChI is InChI=1S/C12H16F2N2O/c13-11-2-1-10(9-12(11)14)16-5-3-15(4-6-16)7-8-17/h1-2,9,17H,3-8H2. The van der Waals surface area contributed by atoms with Crippen LogP contribution in [0.5, 0.6) is 0 Å². The van der Waals surface area contributed by atoms with Crippen LogP contribution in [0, 0.1) is 11.6 Å². The molecule has 1 aliphatic rings. The molecule has 0 bridgehead atoms. The van der Waals surface area contributed by atoms with Crippen LogP contribution < -0.4 is 4.90 Å². The van der Waals surface area contributed by atoms with Crippen molar-refractivity contribution in [3.8, 4) is 0 Å². The summed E-state index contributed by atoms with van der Waals surface area (Å²) in [7, 11) is 0. The van der Waals surface area contributed by atoms with Gasteiger partial charge in [-0.3, -0.25) is 4.90 Å². The monoisotopic (exact) mass is 242 g/mol. The Morgan fingerprint density at radius 2 is 1.76 bits per heavy atom. The zero-order chi connectivity index (χ0) is 12.3. The van der Waals surface area contributed by atoms with Crippen molar-refractivity contribution in [2.24, 2.45) is 0 Å². The lowest BCUT2D eigenvalue weighted by atomic mass is 10.2. The molecule has 0 aromatic heterocycles. The number of hydrogen-bond donors (Lipinski definition) is 1. The van der Waals surface area contributed by atoms with Crippen LogP contribution in [0.2, 0.25) is 0 Å². The lowest BCUT2D eigenvalue weighted by molar-refractivity contribution is 0.189. The molecule has 0 unspecified atom stereocenters. The van der Waals surface area contributed by atoms with Gasteiger partial charge < -0.3 is 10.0 Å². The van der Waals surface area contributed by atoms with Gasteiger partial charge in [-0.15, -0.1) is 0 Å². The molecule has 1 aromatic rings. The molecule has 0 spiro atoms. The molecule has 1 aromatic carbocycles. The second-order valence-electron chi connectivity index (χ2n) is 4.15. The zero-order valence-corrected chi connectivity index (χ0v) is 9.57. The van der Waals surface area contributed by atoms with Crippen LogP contribution in [-0.4, -0.2) is 49.3 Å². The number of anilines is 1. The van der Waals surface area contributed by atoms with Crippen molar-refractivity contribution >= 4 is 5.69 Å². The lowest BCUT2D eigenvalue weighted by Gasteiger charge is -2.35. The highest BCUT2D eigenvalue weighted by molar-refractivity contribution is 5.47. The molecule has 2 rings (SSSR count). The highest BCUT2D eigenvalue weighted by Gasteiger charge is 2.17. The number of halogens is 2. The van der Waals surface area contributed by atoms with Gasteiger partial charge in [0.2, 0.25) is 0 Å². The number of benzene rings is 1. The molecule has 0 saturated carbocycles. The van der Waals surface area contributed by atoms with Gasteiger partial charge in [-0.25, -0.2) is 8.78 Å². The second-order valence-corrected chi connectivity index (χ2v) is 4.15. The molecule has 94 valence electrons. The van der Waals surface area contributed by atoms with Gasteiger partial charge in [0.25, 0.3) is 0 Å². The van der Waals surface area contributed by atoms with Crippen molar-refractivity contribution in [2.45, 2.75) is 0 Å². The summed E-state index contributed by atoms with van der Waals surface area (Å²) in [6, 6.07) is 3.99. The number of aliphatic hydroxyl groups is 1. The summed E-state index contributed by atoms with van der Waals surface area (Å²) in [6.07, 6.45) is 0. The Kier molecular flexibility index (Phi) is 3.91. The smallest absolute Gasteiger partial charge is 0.160 e. The molecule has 1 aliphatic heterocycles. The van der Waals surface area contributed by atoms with Gasteiger partial charge in [-0.1, -0.05) is 0 Å². The van der Waals surface area contributed by atoms with Crippen molar-refractivity contribution in [2.75, 3.05) is 44.2 Å². The first-order valence-corrected chi connectivity index (χ1v) is 5.74. The highest BCUT2D eigenvalue weighted by Crippen LogP contribution is 2.19. The van der Waals surface area contributed by atoms with Gasteiger partial charge in [0.1, 0.15) is 0 Å². The summed E-state index contributed by atoms with van der Waals surface area (Å²) in [5, 5.41) is 8.82. The molecule has 1 fully saturated rings. The summed E-state index contributed by atoms with van der Waals surface area (Å²) in [5.41, 5.74) is 0.715. The number of aliphatic hydroxyl groups excluding tert-OH is 1. The van der Waals surface area contributed by atoms with Crippen LogP contribution in [0.3, 0.4) is 0 Å². The Bertz CT molecular complexity index is 379. The predicted octanol–water partition coefficient (Wildman–Crippen LogP) is 1.08. The minimum Gasteiger partial charge on any atom is -0.395 e. The fraction of sp³-hybridized carbons (Fsp3) is 0.500. The third kappa shape index (κ3) is 2.92. The van der Waals surface area contributed by atoms with Crippen molar-refractivity contribution < 1.29 is 13.9 Å². The van der Waals surface area contributed by atoms with E-state index in [-0.39, 0.29) is 6.61 Å². The molecule has 0 aliphatic carbocycles. The van der Waals surface area contributed by atoms with Crippen LogP contribution in [0.25, 0.3) is 0 Å². The Hall–Kier alpha value is -1.20. The van der Waals surface area contributed by atoms with Gasteiger partial charge in [-0.2, -0.15) is 0 Å². The van der Waals surface area contributed by atoms with Gasteiger partial charge in [0.15, 0.2) is 11.6 Å². The van der Waals surface area contributed by atoms with Crippen LogP contribution in [0.15, 0.2) is 18.2 Å². The van der Waals surface area contributed by atoms with Gasteiger partial charge >= 0.3 is 0 Å². The summed E-state index contributed by atoms with van der Waals surface area (Å²) in [5.74, 6) is -1.62. The minimum absolute atomic E-state index is 0.158. The third-order valence-corrected chi connectivity index (χ3v) is 3.06. The SMILES string of the molecule is OCCN1CCN(c2ccc(F)c(F)c2)CC1. The molecule has 1 saturated heterocycles. The third-order valence-electron chi connectivity index (χ3n) is 3.06. The van der Waals surface area contributed by atoms with Crippen molar-refractivity contribution in [1.29, 1.82) is 0 Å². The predicted molar refractivity (Wildman–Crippen MR) is 62.1 cm³/mol. The average Bonchev–Trinajstić information content (AvgIpc) is 2.34. The Morgan fingerprint density at radius 1 is 1.06 bits per heavy atom. The first-order valence-electron chi connectivity index (χ1n) is 5.74. The number of nitrogens with zero attached hydrogens (tertiary/aromatic N) is 2. The van der Waals surface area contributed by atoms with Crippen LogP contribution in [0.4, 0.5) is 14.5 Å². The maximum Gasteiger partial charge on any atom is 0.160 e. The molecular weight excluding hydrogens is 226 g/mol. The average molecular weight is 242 g/mol. The molecule has 1 N–H and O–H groups in total. The number of hydrogen-bond acceptors (Lipinski definition) is 3. The maximum atomic E-state index is 13.1. The molecule has 0 atom stereocenters. The van der Waals surface area contributed by atoms with Crippen LogP contribution >= 0.6 is 0 Å². The number of rotatable bonds is 3. The van der Waals surface area contributed by atoms with Crippen LogP contribution in [0.1, 0.15) is 0 Å². The largest absolute Gasteiger partial charge is 0.395 e. The molecule has 17 heavy (non-hydrogen) atoms. The van der Waals surface area contributed by atoms with Crippen molar-refractivity contribution in [1.82, 2.24) is 4.90 Å². The first-order chi connectivity index (χ1) is 8.20. The van der Waals surface area contributed by atoms with E-state index in [0.29, 0.717) is 12.2 Å². The zero-order valence-electron chi connectivity index (χ0n) is 9.57. The molecule has 1 heterocycles. The second kappa shape index (κ2) is 5.42. The normalized spacial score (nSPS) is 17.5. The van der Waals surface area contributed by atoms with Gasteiger partial charge in [0.05, 0.1) is 6.61 Å². The summed E-state index contributed by atoms with van der Waals surface area (Å²) in [6.45, 7) is 4.03. The number of piperazine rings is 1. The highest BCUT2D eigenvalue weighted by atomic mass is 19.2. The summed E-state index contributed by atoms with van der Waals surface area (Å²) >= 11 is 0. The van der Waals surface area contributed by atoms with E-state index in [9.17, 15) is 8.78 Å². The van der Waals surface area contributed by atoms with E-state index in [1.54, 1.807) is 6.07 Å². The molecule has 0 radical (unpaired) electrons. The first kappa shape index (κ1) is 12.3. The van der Waals surface area contributed by atoms with Crippen molar-refractivity contribution in [3.63, 3.8) is 0 Å². The summed E-state index contributed by atoms with van der Waals surface area (Å²) < 4.78 is 25.9. The molecule has 3 nitrogen and oxygen atoms in total. The fourth-order valence-electron chi connectivity index (χ4n) is 2.05. The topological polar surface area (TPSA) is 26.7 Å². The van der Waals surface area contributed by atoms with E-state index < -0.39 is 11.6 Å². The lowest BCUT2D eigenvalue weighted by Crippen LogP contribution is -2.47. The van der Waals surface area contributed by atoms with Gasteiger partial charge in [-0.05, 0) is 12.1 Å². The van der Waals surface area contributed by atoms with E-state index in [1.165, 1.54) is 6.07 Å². The Labute approximate surface area is 99.3 Å². The quantitative estimate of drug-likeness (QED) is 0.859. The van der Waals surface area contributed by atoms with E-state index in [4.69, 9.17) is 5.11 Å². The van der Waals surface area contributed by atoms with Gasteiger partial charge in [0, 0.05) is 44.5 Å². The van der Waals surface area contributed by atoms with Crippen LogP contribution in [-0.2, 0) is 0 Å². The molecule has 0 amide bonds. The van der Waals surface area contributed by atoms with Crippen molar-refractivity contribution in [3.05, 3.63) is 29.8 Å². The molecular formula is C12H16F2N2O. The maximum absolute atomic E-state index is 13.1. The Balaban J connectivity index is 1.98. The van der Waals surface area contributed by atoms with E-state index >= 15 is 0 Å². The minimum atomic E-state index is -0.812. The fourth-order valence-corrected chi connectivity index (χ4v) is 2.05. The summed E-state index contributed by atoms with van der Waals surface area (Å²) in [4.78, 5) is 4.17. The van der Waals surface area contributed by atoms with E-state index in [0.717, 1.165) is 32.2 Å². The Morgan fingerprint density at radius 3 is 2.35 bits per heavy atom. The van der Waals surface area contributed by atoms with E-state index in [1.807, 2.05) is 4.90 Å². The number of β-amino-alcohol motifs (C(OH)–C–C–N with tert-alkyl or cyclic N) is 1.